The highest BCUT2D eigenvalue weighted by Crippen LogP contribution is 2.18. The van der Waals surface area contributed by atoms with E-state index < -0.39 is 10.0 Å². The highest BCUT2D eigenvalue weighted by atomic mass is 35.5. The average molecular weight is 303 g/mol. The van der Waals surface area contributed by atoms with Crippen LogP contribution in [-0.2, 0) is 10.0 Å². The Labute approximate surface area is 119 Å². The lowest BCUT2D eigenvalue weighted by Gasteiger charge is -2.08. The molecule has 1 aromatic rings. The van der Waals surface area contributed by atoms with Gasteiger partial charge < -0.3 is 5.32 Å². The third-order valence-corrected chi connectivity index (χ3v) is 4.59. The first-order valence-corrected chi connectivity index (χ1v) is 8.58. The fraction of sp³-hybridized carbons (Fsp3) is 0.538. The van der Waals surface area contributed by atoms with Gasteiger partial charge in [0.25, 0.3) is 0 Å². The van der Waals surface area contributed by atoms with Crippen LogP contribution in [0.2, 0.25) is 5.02 Å². The van der Waals surface area contributed by atoms with E-state index in [1.165, 1.54) is 12.8 Å². The predicted octanol–water partition coefficient (Wildman–Crippen LogP) is 2.61. The number of rotatable bonds is 8. The van der Waals surface area contributed by atoms with Gasteiger partial charge in [0.1, 0.15) is 0 Å². The molecular weight excluding hydrogens is 284 g/mol. The molecule has 2 rings (SSSR count). The van der Waals surface area contributed by atoms with Crippen LogP contribution in [0, 0.1) is 0 Å². The van der Waals surface area contributed by atoms with Gasteiger partial charge in [-0.2, -0.15) is 0 Å². The molecule has 0 spiro atoms. The van der Waals surface area contributed by atoms with Crippen LogP contribution in [-0.4, -0.2) is 26.8 Å². The quantitative estimate of drug-likeness (QED) is 0.726. The van der Waals surface area contributed by atoms with E-state index in [2.05, 4.69) is 10.0 Å². The van der Waals surface area contributed by atoms with E-state index in [-0.39, 0.29) is 5.75 Å². The molecule has 4 nitrogen and oxygen atoms in total. The van der Waals surface area contributed by atoms with Crippen LogP contribution in [0.5, 0.6) is 0 Å². The molecule has 0 bridgehead atoms. The van der Waals surface area contributed by atoms with Crippen molar-refractivity contribution in [1.82, 2.24) is 5.32 Å². The molecule has 0 atom stereocenters. The molecule has 0 amide bonds. The van der Waals surface area contributed by atoms with Gasteiger partial charge in [-0.25, -0.2) is 8.42 Å². The Morgan fingerprint density at radius 2 is 1.84 bits per heavy atom. The Morgan fingerprint density at radius 1 is 1.16 bits per heavy atom. The topological polar surface area (TPSA) is 58.2 Å². The number of halogens is 1. The third-order valence-electron chi connectivity index (χ3n) is 2.97. The molecule has 0 aromatic heterocycles. The summed E-state index contributed by atoms with van der Waals surface area (Å²) in [7, 11) is -3.25. The average Bonchev–Trinajstić information content (AvgIpc) is 3.15. The van der Waals surface area contributed by atoms with E-state index in [1.807, 2.05) is 0 Å². The number of hydrogen-bond acceptors (Lipinski definition) is 3. The zero-order chi connectivity index (χ0) is 13.7. The van der Waals surface area contributed by atoms with Crippen molar-refractivity contribution in [2.75, 3.05) is 17.0 Å². The minimum atomic E-state index is -3.25. The first kappa shape index (κ1) is 14.6. The van der Waals surface area contributed by atoms with Gasteiger partial charge in [-0.15, -0.1) is 0 Å². The standard InChI is InChI=1S/C13H19ClN2O2S/c14-11-3-5-13(6-4-11)16-19(17,18)10-2-1-9-15-12-7-8-12/h3-6,12,15-16H,1-2,7-10H2. The van der Waals surface area contributed by atoms with Crippen LogP contribution >= 0.6 is 11.6 Å². The minimum absolute atomic E-state index is 0.155. The van der Waals surface area contributed by atoms with E-state index in [0.717, 1.165) is 13.0 Å². The molecule has 0 heterocycles. The normalized spacial score (nSPS) is 15.4. The Hall–Kier alpha value is -0.780. The second kappa shape index (κ2) is 6.59. The smallest absolute Gasteiger partial charge is 0.232 e. The van der Waals surface area contributed by atoms with Gasteiger partial charge in [-0.3, -0.25) is 4.72 Å². The molecule has 1 aromatic carbocycles. The zero-order valence-corrected chi connectivity index (χ0v) is 12.3. The van der Waals surface area contributed by atoms with Crippen LogP contribution in [0.15, 0.2) is 24.3 Å². The first-order valence-electron chi connectivity index (χ1n) is 6.55. The summed E-state index contributed by atoms with van der Waals surface area (Å²) in [5.41, 5.74) is 0.556. The Kier molecular flexibility index (Phi) is 5.07. The van der Waals surface area contributed by atoms with E-state index in [9.17, 15) is 8.42 Å². The molecule has 0 aliphatic heterocycles. The van der Waals surface area contributed by atoms with Crippen molar-refractivity contribution < 1.29 is 8.42 Å². The summed E-state index contributed by atoms with van der Waals surface area (Å²) in [6, 6.07) is 7.34. The largest absolute Gasteiger partial charge is 0.314 e. The summed E-state index contributed by atoms with van der Waals surface area (Å²) in [4.78, 5) is 0. The van der Waals surface area contributed by atoms with Crippen molar-refractivity contribution in [2.24, 2.45) is 0 Å². The van der Waals surface area contributed by atoms with Crippen LogP contribution in [0.4, 0.5) is 5.69 Å². The van der Waals surface area contributed by atoms with E-state index in [4.69, 9.17) is 11.6 Å². The summed E-state index contributed by atoms with van der Waals surface area (Å²) in [5, 5.41) is 3.96. The van der Waals surface area contributed by atoms with Crippen LogP contribution in [0.1, 0.15) is 25.7 Å². The van der Waals surface area contributed by atoms with Crippen molar-refractivity contribution in [3.8, 4) is 0 Å². The Bertz CT molecular complexity index is 498. The van der Waals surface area contributed by atoms with Gasteiger partial charge in [-0.05, 0) is 56.5 Å². The molecule has 1 fully saturated rings. The number of anilines is 1. The van der Waals surface area contributed by atoms with Gasteiger partial charge in [0, 0.05) is 16.8 Å². The highest BCUT2D eigenvalue weighted by molar-refractivity contribution is 7.92. The van der Waals surface area contributed by atoms with E-state index in [0.29, 0.717) is 23.2 Å². The number of nitrogens with one attached hydrogen (secondary N) is 2. The van der Waals surface area contributed by atoms with E-state index >= 15 is 0 Å². The molecule has 0 saturated heterocycles. The van der Waals surface area contributed by atoms with Crippen LogP contribution in [0.25, 0.3) is 0 Å². The minimum Gasteiger partial charge on any atom is -0.314 e. The predicted molar refractivity (Wildman–Crippen MR) is 79.1 cm³/mol. The monoisotopic (exact) mass is 302 g/mol. The van der Waals surface area contributed by atoms with Gasteiger partial charge in [-0.1, -0.05) is 11.6 Å². The van der Waals surface area contributed by atoms with Gasteiger partial charge in [0.05, 0.1) is 5.75 Å². The summed E-state index contributed by atoms with van der Waals surface area (Å²) in [6.07, 6.45) is 4.08. The lowest BCUT2D eigenvalue weighted by Crippen LogP contribution is -2.20. The van der Waals surface area contributed by atoms with Crippen LogP contribution < -0.4 is 10.0 Å². The molecule has 19 heavy (non-hydrogen) atoms. The Balaban J connectivity index is 1.69. The molecule has 1 aliphatic carbocycles. The number of sulfonamides is 1. The summed E-state index contributed by atoms with van der Waals surface area (Å²) < 4.78 is 26.2. The number of unbranched alkanes of at least 4 members (excludes halogenated alkanes) is 1. The summed E-state index contributed by atoms with van der Waals surface area (Å²) >= 11 is 5.75. The Morgan fingerprint density at radius 3 is 2.47 bits per heavy atom. The summed E-state index contributed by atoms with van der Waals surface area (Å²) in [5.74, 6) is 0.155. The fourth-order valence-corrected chi connectivity index (χ4v) is 3.07. The first-order chi connectivity index (χ1) is 9.05. The fourth-order valence-electron chi connectivity index (χ4n) is 1.76. The maximum atomic E-state index is 11.8. The van der Waals surface area contributed by atoms with Gasteiger partial charge in [0.2, 0.25) is 10.0 Å². The SMILES string of the molecule is O=S(=O)(CCCCNC1CC1)Nc1ccc(Cl)cc1. The third kappa shape index (κ3) is 5.80. The molecule has 6 heteroatoms. The van der Waals surface area contributed by atoms with Crippen molar-refractivity contribution in [2.45, 2.75) is 31.7 Å². The molecule has 1 saturated carbocycles. The second-order valence-electron chi connectivity index (χ2n) is 4.86. The van der Waals surface area contributed by atoms with Gasteiger partial charge >= 0.3 is 0 Å². The maximum Gasteiger partial charge on any atom is 0.232 e. The number of benzene rings is 1. The van der Waals surface area contributed by atoms with Crippen molar-refractivity contribution in [1.29, 1.82) is 0 Å². The lowest BCUT2D eigenvalue weighted by molar-refractivity contribution is 0.591. The van der Waals surface area contributed by atoms with E-state index in [1.54, 1.807) is 24.3 Å². The zero-order valence-electron chi connectivity index (χ0n) is 10.7. The lowest BCUT2D eigenvalue weighted by atomic mass is 10.3. The maximum absolute atomic E-state index is 11.8. The molecule has 2 N–H and O–H groups in total. The van der Waals surface area contributed by atoms with Crippen molar-refractivity contribution in [3.63, 3.8) is 0 Å². The molecule has 0 radical (unpaired) electrons. The molecular formula is C13H19ClN2O2S. The van der Waals surface area contributed by atoms with Crippen molar-refractivity contribution in [3.05, 3.63) is 29.3 Å². The summed E-state index contributed by atoms with van der Waals surface area (Å²) in [6.45, 7) is 0.904. The highest BCUT2D eigenvalue weighted by Gasteiger charge is 2.19. The van der Waals surface area contributed by atoms with Gasteiger partial charge in [0.15, 0.2) is 0 Å². The number of hydrogen-bond donors (Lipinski definition) is 2. The van der Waals surface area contributed by atoms with Crippen molar-refractivity contribution >= 4 is 27.3 Å². The molecule has 0 unspecified atom stereocenters. The second-order valence-corrected chi connectivity index (χ2v) is 7.14. The molecule has 1 aliphatic rings. The van der Waals surface area contributed by atoms with Crippen LogP contribution in [0.3, 0.4) is 0 Å². The molecule has 106 valence electrons.